The third kappa shape index (κ3) is 3.21. The van der Waals surface area contributed by atoms with Crippen LogP contribution >= 0.6 is 23.2 Å². The van der Waals surface area contributed by atoms with E-state index in [-0.39, 0.29) is 0 Å². The number of hydrogen-bond donors (Lipinski definition) is 0. The Morgan fingerprint density at radius 2 is 1.77 bits per heavy atom. The summed E-state index contributed by atoms with van der Waals surface area (Å²) in [5, 5.41) is 0. The van der Waals surface area contributed by atoms with Gasteiger partial charge in [-0.1, -0.05) is 18.2 Å². The Labute approximate surface area is 89.9 Å². The molecule has 0 spiro atoms. The van der Waals surface area contributed by atoms with Crippen LogP contribution in [0.2, 0.25) is 0 Å². The van der Waals surface area contributed by atoms with Crippen molar-refractivity contribution in [2.24, 2.45) is 0 Å². The Morgan fingerprint density at radius 1 is 1.08 bits per heavy atom. The van der Waals surface area contributed by atoms with E-state index in [1.54, 1.807) is 0 Å². The zero-order valence-electron chi connectivity index (χ0n) is 7.82. The van der Waals surface area contributed by atoms with E-state index in [1.807, 2.05) is 0 Å². The molecule has 0 N–H and O–H groups in total. The average molecular weight is 217 g/mol. The van der Waals surface area contributed by atoms with E-state index in [0.717, 1.165) is 12.8 Å². The Hall–Kier alpha value is -0.200. The molecule has 0 unspecified atom stereocenters. The van der Waals surface area contributed by atoms with Crippen molar-refractivity contribution in [1.29, 1.82) is 0 Å². The van der Waals surface area contributed by atoms with Gasteiger partial charge in [-0.2, -0.15) is 0 Å². The largest absolute Gasteiger partial charge is 0.126 e. The molecule has 0 saturated heterocycles. The van der Waals surface area contributed by atoms with Crippen molar-refractivity contribution in [2.45, 2.75) is 19.8 Å². The SMILES string of the molecule is Cc1cc(CCCl)ccc1CCCl. The third-order valence-corrected chi connectivity index (χ3v) is 2.53. The maximum absolute atomic E-state index is 5.69. The molecule has 0 aliphatic carbocycles. The van der Waals surface area contributed by atoms with E-state index in [0.29, 0.717) is 11.8 Å². The molecule has 0 atom stereocenters. The molecule has 0 fully saturated rings. The topological polar surface area (TPSA) is 0 Å². The molecule has 72 valence electrons. The van der Waals surface area contributed by atoms with Gasteiger partial charge in [0.25, 0.3) is 0 Å². The Morgan fingerprint density at radius 3 is 2.31 bits per heavy atom. The zero-order valence-corrected chi connectivity index (χ0v) is 9.33. The predicted octanol–water partition coefficient (Wildman–Crippen LogP) is 3.56. The number of halogens is 2. The van der Waals surface area contributed by atoms with Gasteiger partial charge < -0.3 is 0 Å². The minimum atomic E-state index is 0.689. The Bertz CT molecular complexity index is 269. The number of aryl methyl sites for hydroxylation is 3. The highest BCUT2D eigenvalue weighted by molar-refractivity contribution is 6.18. The van der Waals surface area contributed by atoms with Crippen LogP contribution in [0.15, 0.2) is 18.2 Å². The smallest absolute Gasteiger partial charge is 0.0264 e. The second-order valence-corrected chi connectivity index (χ2v) is 3.89. The van der Waals surface area contributed by atoms with E-state index in [2.05, 4.69) is 25.1 Å². The summed E-state index contributed by atoms with van der Waals surface area (Å²) in [4.78, 5) is 0. The van der Waals surface area contributed by atoms with Crippen LogP contribution in [0.4, 0.5) is 0 Å². The lowest BCUT2D eigenvalue weighted by molar-refractivity contribution is 1.08. The molecule has 0 heterocycles. The van der Waals surface area contributed by atoms with Gasteiger partial charge in [0.1, 0.15) is 0 Å². The summed E-state index contributed by atoms with van der Waals surface area (Å²) in [5.74, 6) is 1.38. The molecule has 0 saturated carbocycles. The highest BCUT2D eigenvalue weighted by atomic mass is 35.5. The first kappa shape index (κ1) is 10.9. The molecule has 0 aromatic heterocycles. The molecule has 0 aliphatic rings. The van der Waals surface area contributed by atoms with Crippen LogP contribution in [0.25, 0.3) is 0 Å². The molecular weight excluding hydrogens is 203 g/mol. The van der Waals surface area contributed by atoms with Crippen molar-refractivity contribution in [3.05, 3.63) is 34.9 Å². The zero-order chi connectivity index (χ0) is 9.68. The standard InChI is InChI=1S/C11H14Cl2/c1-9-8-10(4-6-12)2-3-11(9)5-7-13/h2-3,8H,4-7H2,1H3. The molecule has 0 nitrogen and oxygen atoms in total. The number of benzene rings is 1. The van der Waals surface area contributed by atoms with Crippen LogP contribution in [0.5, 0.6) is 0 Å². The number of hydrogen-bond acceptors (Lipinski definition) is 0. The van der Waals surface area contributed by atoms with Gasteiger partial charge in [0.05, 0.1) is 0 Å². The Kier molecular flexibility index (Phi) is 4.61. The summed E-state index contributed by atoms with van der Waals surface area (Å²) in [7, 11) is 0. The van der Waals surface area contributed by atoms with Gasteiger partial charge in [-0.3, -0.25) is 0 Å². The van der Waals surface area contributed by atoms with Crippen molar-refractivity contribution in [1.82, 2.24) is 0 Å². The number of rotatable bonds is 4. The van der Waals surface area contributed by atoms with E-state index in [9.17, 15) is 0 Å². The fraction of sp³-hybridized carbons (Fsp3) is 0.455. The van der Waals surface area contributed by atoms with Crippen molar-refractivity contribution in [3.63, 3.8) is 0 Å². The third-order valence-electron chi connectivity index (χ3n) is 2.15. The Balaban J connectivity index is 2.79. The van der Waals surface area contributed by atoms with E-state index in [1.165, 1.54) is 16.7 Å². The number of alkyl halides is 2. The van der Waals surface area contributed by atoms with Crippen LogP contribution in [-0.2, 0) is 12.8 Å². The van der Waals surface area contributed by atoms with E-state index in [4.69, 9.17) is 23.2 Å². The fourth-order valence-electron chi connectivity index (χ4n) is 1.40. The summed E-state index contributed by atoms with van der Waals surface area (Å²) in [6, 6.07) is 6.49. The van der Waals surface area contributed by atoms with Crippen LogP contribution in [0.1, 0.15) is 16.7 Å². The quantitative estimate of drug-likeness (QED) is 0.676. The molecule has 1 aromatic carbocycles. The minimum Gasteiger partial charge on any atom is -0.126 e. The first-order chi connectivity index (χ1) is 6.27. The predicted molar refractivity (Wildman–Crippen MR) is 60.0 cm³/mol. The molecule has 13 heavy (non-hydrogen) atoms. The van der Waals surface area contributed by atoms with Crippen molar-refractivity contribution in [3.8, 4) is 0 Å². The van der Waals surface area contributed by atoms with Crippen molar-refractivity contribution >= 4 is 23.2 Å². The van der Waals surface area contributed by atoms with Crippen molar-refractivity contribution in [2.75, 3.05) is 11.8 Å². The first-order valence-electron chi connectivity index (χ1n) is 4.48. The monoisotopic (exact) mass is 216 g/mol. The van der Waals surface area contributed by atoms with Gasteiger partial charge in [-0.05, 0) is 36.5 Å². The van der Waals surface area contributed by atoms with Crippen LogP contribution in [-0.4, -0.2) is 11.8 Å². The highest BCUT2D eigenvalue weighted by Gasteiger charge is 1.99. The van der Waals surface area contributed by atoms with E-state index >= 15 is 0 Å². The molecule has 1 rings (SSSR count). The maximum atomic E-state index is 5.69. The molecule has 0 radical (unpaired) electrons. The van der Waals surface area contributed by atoms with E-state index < -0.39 is 0 Å². The summed E-state index contributed by atoms with van der Waals surface area (Å²) < 4.78 is 0. The van der Waals surface area contributed by atoms with Gasteiger partial charge in [-0.15, -0.1) is 23.2 Å². The van der Waals surface area contributed by atoms with Gasteiger partial charge >= 0.3 is 0 Å². The summed E-state index contributed by atoms with van der Waals surface area (Å²) >= 11 is 11.4. The molecule has 0 bridgehead atoms. The van der Waals surface area contributed by atoms with Crippen LogP contribution in [0, 0.1) is 6.92 Å². The lowest BCUT2D eigenvalue weighted by atomic mass is 10.0. The molecule has 0 aliphatic heterocycles. The lowest BCUT2D eigenvalue weighted by Gasteiger charge is -2.05. The van der Waals surface area contributed by atoms with Crippen LogP contribution in [0.3, 0.4) is 0 Å². The van der Waals surface area contributed by atoms with Gasteiger partial charge in [0, 0.05) is 11.8 Å². The average Bonchev–Trinajstić information content (AvgIpc) is 2.10. The second kappa shape index (κ2) is 5.51. The van der Waals surface area contributed by atoms with Crippen LogP contribution < -0.4 is 0 Å². The summed E-state index contributed by atoms with van der Waals surface area (Å²) in [6.45, 7) is 2.12. The fourth-order valence-corrected chi connectivity index (χ4v) is 1.83. The molecule has 2 heteroatoms. The molecular formula is C11H14Cl2. The highest BCUT2D eigenvalue weighted by Crippen LogP contribution is 2.13. The van der Waals surface area contributed by atoms with Crippen molar-refractivity contribution < 1.29 is 0 Å². The minimum absolute atomic E-state index is 0.689. The first-order valence-corrected chi connectivity index (χ1v) is 5.55. The normalized spacial score (nSPS) is 10.4. The summed E-state index contributed by atoms with van der Waals surface area (Å²) in [6.07, 6.45) is 1.90. The summed E-state index contributed by atoms with van der Waals surface area (Å²) in [5.41, 5.74) is 3.97. The van der Waals surface area contributed by atoms with Gasteiger partial charge in [-0.25, -0.2) is 0 Å². The van der Waals surface area contributed by atoms with Gasteiger partial charge in [0.2, 0.25) is 0 Å². The maximum Gasteiger partial charge on any atom is 0.0264 e. The molecule has 1 aromatic rings. The second-order valence-electron chi connectivity index (χ2n) is 3.14. The van der Waals surface area contributed by atoms with Gasteiger partial charge in [0.15, 0.2) is 0 Å². The lowest BCUT2D eigenvalue weighted by Crippen LogP contribution is -1.93. The molecule has 0 amide bonds.